The van der Waals surface area contributed by atoms with Gasteiger partial charge in [-0.15, -0.1) is 0 Å². The third kappa shape index (κ3) is 3.85. The molecule has 1 aliphatic heterocycles. The van der Waals surface area contributed by atoms with Gasteiger partial charge in [0.05, 0.1) is 0 Å². The molecule has 6 heteroatoms. The maximum atomic E-state index is 12.9. The fraction of sp³-hybridized carbons (Fsp3) is 0.300. The molecule has 0 saturated carbocycles. The normalized spacial score (nSPS) is 14.4. The summed E-state index contributed by atoms with van der Waals surface area (Å²) in [5, 5.41) is 4.02. The number of piperidine rings is 1. The Kier molecular flexibility index (Phi) is 4.82. The Morgan fingerprint density at radius 3 is 2.42 bits per heavy atom. The third-order valence-corrected chi connectivity index (χ3v) is 4.49. The molecule has 1 saturated heterocycles. The number of rotatable bonds is 5. The van der Waals surface area contributed by atoms with Gasteiger partial charge >= 0.3 is 0 Å². The van der Waals surface area contributed by atoms with Crippen LogP contribution in [0.15, 0.2) is 53.1 Å². The SMILES string of the molecule is Fc1ccc(OCc2nc(-c3ccc(N4CCCCC4)cc3)no2)cc1. The van der Waals surface area contributed by atoms with E-state index in [1.165, 1.54) is 37.1 Å². The molecule has 1 fully saturated rings. The van der Waals surface area contributed by atoms with E-state index in [0.29, 0.717) is 17.5 Å². The van der Waals surface area contributed by atoms with Crippen molar-refractivity contribution in [3.05, 3.63) is 60.2 Å². The zero-order valence-electron chi connectivity index (χ0n) is 14.4. The molecule has 134 valence electrons. The molecule has 0 radical (unpaired) electrons. The van der Waals surface area contributed by atoms with Crippen LogP contribution in [0.1, 0.15) is 25.2 Å². The topological polar surface area (TPSA) is 51.4 Å². The maximum Gasteiger partial charge on any atom is 0.264 e. The fourth-order valence-corrected chi connectivity index (χ4v) is 3.08. The molecule has 0 unspecified atom stereocenters. The second kappa shape index (κ2) is 7.56. The molecule has 5 nitrogen and oxygen atoms in total. The molecule has 0 amide bonds. The van der Waals surface area contributed by atoms with E-state index in [0.717, 1.165) is 18.7 Å². The smallest absolute Gasteiger partial charge is 0.264 e. The first-order chi connectivity index (χ1) is 12.8. The fourth-order valence-electron chi connectivity index (χ4n) is 3.08. The summed E-state index contributed by atoms with van der Waals surface area (Å²) in [4.78, 5) is 6.77. The van der Waals surface area contributed by atoms with Gasteiger partial charge in [-0.3, -0.25) is 0 Å². The highest BCUT2D eigenvalue weighted by atomic mass is 19.1. The Morgan fingerprint density at radius 1 is 0.962 bits per heavy atom. The van der Waals surface area contributed by atoms with E-state index in [1.807, 2.05) is 12.1 Å². The Bertz CT molecular complexity index is 840. The molecule has 0 spiro atoms. The third-order valence-electron chi connectivity index (χ3n) is 4.49. The predicted molar refractivity (Wildman–Crippen MR) is 96.5 cm³/mol. The monoisotopic (exact) mass is 353 g/mol. The first kappa shape index (κ1) is 16.6. The van der Waals surface area contributed by atoms with Crippen LogP contribution in [0, 0.1) is 5.82 Å². The summed E-state index contributed by atoms with van der Waals surface area (Å²) >= 11 is 0. The standard InChI is InChI=1S/C20H20FN3O2/c21-16-6-10-18(11-7-16)25-14-19-22-20(23-26-19)15-4-8-17(9-5-15)24-12-2-1-3-13-24/h4-11H,1-3,12-14H2. The lowest BCUT2D eigenvalue weighted by Gasteiger charge is -2.28. The van der Waals surface area contributed by atoms with Gasteiger partial charge in [-0.25, -0.2) is 4.39 Å². The maximum absolute atomic E-state index is 12.9. The predicted octanol–water partition coefficient (Wildman–Crippen LogP) is 4.45. The lowest BCUT2D eigenvalue weighted by Crippen LogP contribution is -2.29. The van der Waals surface area contributed by atoms with Crippen LogP contribution < -0.4 is 9.64 Å². The van der Waals surface area contributed by atoms with Crippen molar-refractivity contribution in [2.75, 3.05) is 18.0 Å². The summed E-state index contributed by atoms with van der Waals surface area (Å²) < 4.78 is 23.7. The van der Waals surface area contributed by atoms with Crippen LogP contribution in [0.25, 0.3) is 11.4 Å². The van der Waals surface area contributed by atoms with Gasteiger partial charge in [-0.2, -0.15) is 4.98 Å². The van der Waals surface area contributed by atoms with E-state index in [2.05, 4.69) is 27.2 Å². The van der Waals surface area contributed by atoms with Crippen molar-refractivity contribution in [1.82, 2.24) is 10.1 Å². The van der Waals surface area contributed by atoms with Crippen molar-refractivity contribution >= 4 is 5.69 Å². The molecule has 0 aliphatic carbocycles. The first-order valence-electron chi connectivity index (χ1n) is 8.84. The van der Waals surface area contributed by atoms with Crippen molar-refractivity contribution < 1.29 is 13.7 Å². The minimum Gasteiger partial charge on any atom is -0.484 e. The van der Waals surface area contributed by atoms with Crippen molar-refractivity contribution in [1.29, 1.82) is 0 Å². The van der Waals surface area contributed by atoms with E-state index >= 15 is 0 Å². The van der Waals surface area contributed by atoms with Gasteiger partial charge in [0.1, 0.15) is 11.6 Å². The highest BCUT2D eigenvalue weighted by molar-refractivity contribution is 5.60. The van der Waals surface area contributed by atoms with Crippen LogP contribution in [0.4, 0.5) is 10.1 Å². The number of anilines is 1. The molecule has 2 heterocycles. The van der Waals surface area contributed by atoms with Gasteiger partial charge < -0.3 is 14.2 Å². The molecular formula is C20H20FN3O2. The molecule has 2 aromatic carbocycles. The van der Waals surface area contributed by atoms with E-state index in [4.69, 9.17) is 9.26 Å². The van der Waals surface area contributed by atoms with Crippen LogP contribution in [0.2, 0.25) is 0 Å². The average molecular weight is 353 g/mol. The van der Waals surface area contributed by atoms with Gasteiger partial charge in [0.25, 0.3) is 5.89 Å². The Labute approximate surface area is 151 Å². The van der Waals surface area contributed by atoms with Gasteiger partial charge in [0, 0.05) is 24.3 Å². The second-order valence-electron chi connectivity index (χ2n) is 6.35. The Hall–Kier alpha value is -2.89. The van der Waals surface area contributed by atoms with E-state index < -0.39 is 0 Å². The summed E-state index contributed by atoms with van der Waals surface area (Å²) in [7, 11) is 0. The average Bonchev–Trinajstić information content (AvgIpc) is 3.17. The van der Waals surface area contributed by atoms with E-state index in [-0.39, 0.29) is 12.4 Å². The highest BCUT2D eigenvalue weighted by Gasteiger charge is 2.13. The van der Waals surface area contributed by atoms with Crippen LogP contribution in [0.3, 0.4) is 0 Å². The van der Waals surface area contributed by atoms with Crippen molar-refractivity contribution in [3.8, 4) is 17.1 Å². The Morgan fingerprint density at radius 2 is 1.69 bits per heavy atom. The van der Waals surface area contributed by atoms with Crippen molar-refractivity contribution in [2.24, 2.45) is 0 Å². The van der Waals surface area contributed by atoms with Crippen LogP contribution in [-0.4, -0.2) is 23.2 Å². The molecule has 4 rings (SSSR count). The summed E-state index contributed by atoms with van der Waals surface area (Å²) in [6, 6.07) is 14.0. The number of halogens is 1. The summed E-state index contributed by atoms with van der Waals surface area (Å²) in [6.07, 6.45) is 3.83. The molecular weight excluding hydrogens is 333 g/mol. The van der Waals surface area contributed by atoms with E-state index in [1.54, 1.807) is 12.1 Å². The number of hydrogen-bond donors (Lipinski definition) is 0. The van der Waals surface area contributed by atoms with Crippen molar-refractivity contribution in [3.63, 3.8) is 0 Å². The molecule has 0 bridgehead atoms. The van der Waals surface area contributed by atoms with Crippen LogP contribution in [0.5, 0.6) is 5.75 Å². The quantitative estimate of drug-likeness (QED) is 0.678. The summed E-state index contributed by atoms with van der Waals surface area (Å²) in [5.74, 6) is 1.17. The zero-order chi connectivity index (χ0) is 17.8. The summed E-state index contributed by atoms with van der Waals surface area (Å²) in [6.45, 7) is 2.38. The molecule has 0 atom stereocenters. The van der Waals surface area contributed by atoms with Crippen molar-refractivity contribution in [2.45, 2.75) is 25.9 Å². The number of aromatic nitrogens is 2. The zero-order valence-corrected chi connectivity index (χ0v) is 14.4. The molecule has 1 aliphatic rings. The lowest BCUT2D eigenvalue weighted by molar-refractivity contribution is 0.242. The summed E-state index contributed by atoms with van der Waals surface area (Å²) in [5.41, 5.74) is 2.14. The van der Waals surface area contributed by atoms with Gasteiger partial charge in [-0.1, -0.05) is 5.16 Å². The number of hydrogen-bond acceptors (Lipinski definition) is 5. The number of ether oxygens (including phenoxy) is 1. The Balaban J connectivity index is 1.39. The number of nitrogens with zero attached hydrogens (tertiary/aromatic N) is 3. The first-order valence-corrected chi connectivity index (χ1v) is 8.84. The molecule has 0 N–H and O–H groups in total. The number of benzene rings is 2. The largest absolute Gasteiger partial charge is 0.484 e. The van der Waals surface area contributed by atoms with E-state index in [9.17, 15) is 4.39 Å². The minimum atomic E-state index is -0.301. The molecule has 26 heavy (non-hydrogen) atoms. The van der Waals surface area contributed by atoms with Gasteiger partial charge in [0.2, 0.25) is 5.82 Å². The van der Waals surface area contributed by atoms with Gasteiger partial charge in [0.15, 0.2) is 6.61 Å². The molecule has 1 aromatic heterocycles. The minimum absolute atomic E-state index is 0.143. The lowest BCUT2D eigenvalue weighted by atomic mass is 10.1. The van der Waals surface area contributed by atoms with Crippen LogP contribution in [-0.2, 0) is 6.61 Å². The van der Waals surface area contributed by atoms with Gasteiger partial charge in [-0.05, 0) is 67.8 Å². The second-order valence-corrected chi connectivity index (χ2v) is 6.35. The molecule has 3 aromatic rings. The highest BCUT2D eigenvalue weighted by Crippen LogP contribution is 2.24. The van der Waals surface area contributed by atoms with Crippen LogP contribution >= 0.6 is 0 Å².